The van der Waals surface area contributed by atoms with Crippen LogP contribution in [-0.4, -0.2) is 34.0 Å². The van der Waals surface area contributed by atoms with Crippen LogP contribution in [0.15, 0.2) is 30.5 Å². The number of alkyl halides is 2. The summed E-state index contributed by atoms with van der Waals surface area (Å²) in [6, 6.07) is 3.67. The molecule has 1 unspecified atom stereocenters. The minimum atomic E-state index is -3.11. The standard InChI is InChI=1S/C19H24BF3N2O2/c1-12-15(20-26-17(2,3)18(4,5)27-20)11-25(24-12)16(19(6,22)23)13-7-9-14(21)10-8-13/h7-11,16H,1-6H3. The van der Waals surface area contributed by atoms with Crippen LogP contribution in [0.3, 0.4) is 0 Å². The van der Waals surface area contributed by atoms with Crippen molar-refractivity contribution >= 4 is 12.6 Å². The van der Waals surface area contributed by atoms with E-state index < -0.39 is 36.1 Å². The zero-order chi connectivity index (χ0) is 20.2. The maximum Gasteiger partial charge on any atom is 0.498 e. The van der Waals surface area contributed by atoms with Gasteiger partial charge >= 0.3 is 7.12 Å². The van der Waals surface area contributed by atoms with Gasteiger partial charge in [-0.05, 0) is 52.3 Å². The first-order valence-corrected chi connectivity index (χ1v) is 8.86. The zero-order valence-electron chi connectivity index (χ0n) is 16.4. The minimum absolute atomic E-state index is 0.270. The molecule has 4 nitrogen and oxygen atoms in total. The molecule has 0 saturated carbocycles. The fraction of sp³-hybridized carbons (Fsp3) is 0.526. The number of hydrogen-bond donors (Lipinski definition) is 0. The molecule has 0 bridgehead atoms. The lowest BCUT2D eigenvalue weighted by molar-refractivity contribution is -0.0217. The molecule has 146 valence electrons. The van der Waals surface area contributed by atoms with Gasteiger partial charge in [0.2, 0.25) is 0 Å². The van der Waals surface area contributed by atoms with E-state index in [-0.39, 0.29) is 5.56 Å². The molecule has 1 aliphatic rings. The average Bonchev–Trinajstić information content (AvgIpc) is 2.97. The summed E-state index contributed by atoms with van der Waals surface area (Å²) in [6.45, 7) is 10.3. The van der Waals surface area contributed by atoms with Gasteiger partial charge in [0.05, 0.1) is 16.9 Å². The van der Waals surface area contributed by atoms with Gasteiger partial charge in [0.25, 0.3) is 5.92 Å². The minimum Gasteiger partial charge on any atom is -0.399 e. The first-order chi connectivity index (χ1) is 12.3. The van der Waals surface area contributed by atoms with Gasteiger partial charge in [-0.25, -0.2) is 13.2 Å². The number of aromatic nitrogens is 2. The molecule has 8 heteroatoms. The SMILES string of the molecule is Cc1nn(C(c2ccc(F)cc2)C(C)(F)F)cc1B1OC(C)(C)C(C)(C)O1. The van der Waals surface area contributed by atoms with Crippen molar-refractivity contribution in [3.05, 3.63) is 47.5 Å². The lowest BCUT2D eigenvalue weighted by atomic mass is 9.79. The van der Waals surface area contributed by atoms with E-state index in [2.05, 4.69) is 5.10 Å². The molecule has 3 rings (SSSR count). The van der Waals surface area contributed by atoms with Crippen LogP contribution >= 0.6 is 0 Å². The van der Waals surface area contributed by atoms with Crippen LogP contribution < -0.4 is 5.46 Å². The summed E-state index contributed by atoms with van der Waals surface area (Å²) in [4.78, 5) is 0. The Morgan fingerprint density at radius 2 is 1.59 bits per heavy atom. The smallest absolute Gasteiger partial charge is 0.399 e. The van der Waals surface area contributed by atoms with Crippen molar-refractivity contribution in [3.63, 3.8) is 0 Å². The summed E-state index contributed by atoms with van der Waals surface area (Å²) in [7, 11) is -0.692. The summed E-state index contributed by atoms with van der Waals surface area (Å²) >= 11 is 0. The predicted octanol–water partition coefficient (Wildman–Crippen LogP) is 3.87. The lowest BCUT2D eigenvalue weighted by Gasteiger charge is -2.32. The van der Waals surface area contributed by atoms with E-state index in [0.29, 0.717) is 11.2 Å². The van der Waals surface area contributed by atoms with Gasteiger partial charge in [0, 0.05) is 18.6 Å². The Morgan fingerprint density at radius 1 is 1.07 bits per heavy atom. The molecule has 1 atom stereocenters. The Kier molecular flexibility index (Phi) is 4.71. The maximum atomic E-state index is 14.4. The first kappa shape index (κ1) is 20.0. The Balaban J connectivity index is 2.00. The first-order valence-electron chi connectivity index (χ1n) is 8.86. The Bertz CT molecular complexity index is 812. The van der Waals surface area contributed by atoms with E-state index in [1.165, 1.54) is 35.1 Å². The van der Waals surface area contributed by atoms with Crippen LogP contribution in [0, 0.1) is 12.7 Å². The Labute approximate surface area is 157 Å². The van der Waals surface area contributed by atoms with Crippen molar-refractivity contribution in [1.82, 2.24) is 9.78 Å². The monoisotopic (exact) mass is 380 g/mol. The summed E-state index contributed by atoms with van der Waals surface area (Å²) in [5, 5.41) is 4.30. The molecule has 0 aliphatic carbocycles. The van der Waals surface area contributed by atoms with Crippen molar-refractivity contribution in [2.75, 3.05) is 0 Å². The lowest BCUT2D eigenvalue weighted by Crippen LogP contribution is -2.41. The van der Waals surface area contributed by atoms with E-state index in [4.69, 9.17) is 9.31 Å². The van der Waals surface area contributed by atoms with Gasteiger partial charge in [0.1, 0.15) is 11.9 Å². The third kappa shape index (κ3) is 3.65. The van der Waals surface area contributed by atoms with Crippen LogP contribution in [0.1, 0.15) is 51.9 Å². The molecule has 1 aromatic carbocycles. The second-order valence-corrected chi connectivity index (χ2v) is 8.15. The molecule has 1 aromatic heterocycles. The van der Waals surface area contributed by atoms with Gasteiger partial charge in [-0.1, -0.05) is 12.1 Å². The quantitative estimate of drug-likeness (QED) is 0.756. The van der Waals surface area contributed by atoms with Gasteiger partial charge in [-0.2, -0.15) is 5.10 Å². The largest absolute Gasteiger partial charge is 0.498 e. The number of rotatable bonds is 4. The van der Waals surface area contributed by atoms with Crippen LogP contribution in [-0.2, 0) is 9.31 Å². The van der Waals surface area contributed by atoms with Crippen molar-refractivity contribution in [2.45, 2.75) is 64.7 Å². The molecule has 0 N–H and O–H groups in total. The van der Waals surface area contributed by atoms with Crippen molar-refractivity contribution in [2.24, 2.45) is 0 Å². The number of halogens is 3. The second kappa shape index (κ2) is 6.38. The van der Waals surface area contributed by atoms with E-state index in [0.717, 1.165) is 6.92 Å². The number of aryl methyl sites for hydroxylation is 1. The van der Waals surface area contributed by atoms with Crippen LogP contribution in [0.5, 0.6) is 0 Å². The fourth-order valence-electron chi connectivity index (χ4n) is 3.15. The van der Waals surface area contributed by atoms with E-state index in [1.807, 2.05) is 27.7 Å². The zero-order valence-corrected chi connectivity index (χ0v) is 16.4. The normalized spacial score (nSPS) is 20.1. The highest BCUT2D eigenvalue weighted by Gasteiger charge is 2.53. The molecule has 0 radical (unpaired) electrons. The topological polar surface area (TPSA) is 36.3 Å². The number of hydrogen-bond acceptors (Lipinski definition) is 3. The summed E-state index contributed by atoms with van der Waals surface area (Å²) < 4.78 is 55.3. The van der Waals surface area contributed by atoms with Crippen molar-refractivity contribution in [3.8, 4) is 0 Å². The average molecular weight is 380 g/mol. The van der Waals surface area contributed by atoms with Crippen LogP contribution in [0.25, 0.3) is 0 Å². The van der Waals surface area contributed by atoms with E-state index in [9.17, 15) is 13.2 Å². The molecule has 27 heavy (non-hydrogen) atoms. The number of benzene rings is 1. The van der Waals surface area contributed by atoms with Crippen LogP contribution in [0.4, 0.5) is 13.2 Å². The maximum absolute atomic E-state index is 14.4. The molecule has 1 aliphatic heterocycles. The highest BCUT2D eigenvalue weighted by atomic mass is 19.3. The number of nitrogens with zero attached hydrogens (tertiary/aromatic N) is 2. The van der Waals surface area contributed by atoms with Crippen LogP contribution in [0.2, 0.25) is 0 Å². The second-order valence-electron chi connectivity index (χ2n) is 8.15. The van der Waals surface area contributed by atoms with Gasteiger partial charge < -0.3 is 9.31 Å². The van der Waals surface area contributed by atoms with Gasteiger partial charge in [-0.15, -0.1) is 0 Å². The van der Waals surface area contributed by atoms with E-state index in [1.54, 1.807) is 6.92 Å². The summed E-state index contributed by atoms with van der Waals surface area (Å²) in [6.07, 6.45) is 1.53. The Hall–Kier alpha value is -1.80. The highest BCUT2D eigenvalue weighted by Crippen LogP contribution is 2.37. The molecule has 0 spiro atoms. The third-order valence-corrected chi connectivity index (χ3v) is 5.39. The molecular weight excluding hydrogens is 356 g/mol. The van der Waals surface area contributed by atoms with Crippen molar-refractivity contribution < 1.29 is 22.5 Å². The summed E-state index contributed by atoms with van der Waals surface area (Å²) in [5.74, 6) is -3.59. The van der Waals surface area contributed by atoms with Crippen molar-refractivity contribution in [1.29, 1.82) is 0 Å². The highest BCUT2D eigenvalue weighted by molar-refractivity contribution is 6.62. The Morgan fingerprint density at radius 3 is 2.07 bits per heavy atom. The fourth-order valence-corrected chi connectivity index (χ4v) is 3.15. The van der Waals surface area contributed by atoms with Gasteiger partial charge in [0.15, 0.2) is 0 Å². The molecule has 1 fully saturated rings. The summed E-state index contributed by atoms with van der Waals surface area (Å²) in [5.41, 5.74) is 0.330. The third-order valence-electron chi connectivity index (χ3n) is 5.39. The molecular formula is C19H24BF3N2O2. The molecule has 2 aromatic rings. The molecule has 2 heterocycles. The molecule has 0 amide bonds. The predicted molar refractivity (Wildman–Crippen MR) is 97.8 cm³/mol. The van der Waals surface area contributed by atoms with Gasteiger partial charge in [-0.3, -0.25) is 4.68 Å². The molecule has 1 saturated heterocycles. The van der Waals surface area contributed by atoms with E-state index >= 15 is 0 Å².